The monoisotopic (exact) mass is 477 g/mol. The number of fused-ring (bicyclic) bond motifs is 1. The molecule has 3 heterocycles. The number of aromatic nitrogens is 2. The van der Waals surface area contributed by atoms with Gasteiger partial charge in [0.2, 0.25) is 0 Å². The first-order chi connectivity index (χ1) is 16.8. The third-order valence-electron chi connectivity index (χ3n) is 7.30. The average Bonchev–Trinajstić information content (AvgIpc) is 3.58. The van der Waals surface area contributed by atoms with Gasteiger partial charge in [0.1, 0.15) is 11.5 Å². The van der Waals surface area contributed by atoms with Gasteiger partial charge in [0.25, 0.3) is 11.8 Å². The molecule has 2 fully saturated rings. The number of hydrogen-bond acceptors (Lipinski definition) is 4. The zero-order chi connectivity index (χ0) is 24.7. The average molecular weight is 478 g/mol. The summed E-state index contributed by atoms with van der Waals surface area (Å²) in [5.41, 5.74) is 4.02. The van der Waals surface area contributed by atoms with Crippen LogP contribution in [0.1, 0.15) is 69.4 Å². The summed E-state index contributed by atoms with van der Waals surface area (Å²) in [6.45, 7) is 5.77. The van der Waals surface area contributed by atoms with E-state index in [2.05, 4.69) is 32.5 Å². The molecule has 7 nitrogen and oxygen atoms in total. The van der Waals surface area contributed by atoms with E-state index in [1.54, 1.807) is 18.3 Å². The Kier molecular flexibility index (Phi) is 6.32. The lowest BCUT2D eigenvalue weighted by Crippen LogP contribution is -2.43. The molecule has 184 valence electrons. The SMILES string of the molecule is Cc1cc(C(=O)NC2CCN(C)CC2)cnc1C(NC(=O)c1cc2c(F)ccc(C)c2[nH]1)C1CC1. The number of carbonyl (C=O) groups excluding carboxylic acids is 2. The second kappa shape index (κ2) is 9.41. The molecular weight excluding hydrogens is 445 g/mol. The summed E-state index contributed by atoms with van der Waals surface area (Å²) < 4.78 is 14.2. The molecule has 0 radical (unpaired) electrons. The molecule has 3 N–H and O–H groups in total. The van der Waals surface area contributed by atoms with Gasteiger partial charge in [-0.2, -0.15) is 0 Å². The van der Waals surface area contributed by atoms with Gasteiger partial charge in [0, 0.05) is 17.6 Å². The molecule has 2 amide bonds. The second-order valence-electron chi connectivity index (χ2n) is 10.1. The summed E-state index contributed by atoms with van der Waals surface area (Å²) in [4.78, 5) is 35.9. The second-order valence-corrected chi connectivity index (χ2v) is 10.1. The molecule has 1 aromatic carbocycles. The number of aryl methyl sites for hydroxylation is 2. The minimum atomic E-state index is -0.355. The summed E-state index contributed by atoms with van der Waals surface area (Å²) in [6, 6.07) is 6.45. The molecule has 1 aliphatic carbocycles. The van der Waals surface area contributed by atoms with Crippen LogP contribution in [0.2, 0.25) is 0 Å². The number of nitrogens with zero attached hydrogens (tertiary/aromatic N) is 2. The lowest BCUT2D eigenvalue weighted by atomic mass is 10.0. The smallest absolute Gasteiger partial charge is 0.268 e. The topological polar surface area (TPSA) is 90.1 Å². The van der Waals surface area contributed by atoms with Crippen LogP contribution in [0.4, 0.5) is 4.39 Å². The van der Waals surface area contributed by atoms with Crippen molar-refractivity contribution in [3.8, 4) is 0 Å². The Hall–Kier alpha value is -3.26. The lowest BCUT2D eigenvalue weighted by Gasteiger charge is -2.29. The fourth-order valence-electron chi connectivity index (χ4n) is 4.96. The summed E-state index contributed by atoms with van der Waals surface area (Å²) in [5, 5.41) is 6.65. The fraction of sp³-hybridized carbons (Fsp3) is 0.444. The van der Waals surface area contributed by atoms with E-state index in [-0.39, 0.29) is 29.7 Å². The Morgan fingerprint density at radius 1 is 1.09 bits per heavy atom. The number of aromatic amines is 1. The van der Waals surface area contributed by atoms with Crippen LogP contribution in [0, 0.1) is 25.6 Å². The number of benzene rings is 1. The number of pyridine rings is 1. The predicted octanol–water partition coefficient (Wildman–Crippen LogP) is 4.02. The van der Waals surface area contributed by atoms with Crippen molar-refractivity contribution in [3.05, 3.63) is 64.4 Å². The number of amides is 2. The van der Waals surface area contributed by atoms with Crippen molar-refractivity contribution in [2.45, 2.75) is 51.6 Å². The minimum Gasteiger partial charge on any atom is -0.350 e. The van der Waals surface area contributed by atoms with Crippen molar-refractivity contribution in [1.29, 1.82) is 0 Å². The van der Waals surface area contributed by atoms with Crippen LogP contribution >= 0.6 is 0 Å². The molecule has 0 spiro atoms. The Labute approximate surface area is 204 Å². The maximum absolute atomic E-state index is 14.2. The lowest BCUT2D eigenvalue weighted by molar-refractivity contribution is 0.0909. The molecule has 5 rings (SSSR count). The molecule has 0 bridgehead atoms. The van der Waals surface area contributed by atoms with Crippen molar-refractivity contribution in [2.75, 3.05) is 20.1 Å². The standard InChI is InChI=1S/C27H32FN5O2/c1-15-4-7-21(28)20-13-22(31-23(15)20)27(35)32-25(17-5-6-17)24-16(2)12-18(14-29-24)26(34)30-19-8-10-33(3)11-9-19/h4,7,12-14,17,19,25,31H,5-6,8-11H2,1-3H3,(H,30,34)(H,32,35). The number of nitrogens with one attached hydrogen (secondary N) is 3. The predicted molar refractivity (Wildman–Crippen MR) is 133 cm³/mol. The third-order valence-corrected chi connectivity index (χ3v) is 7.30. The van der Waals surface area contributed by atoms with E-state index in [4.69, 9.17) is 0 Å². The van der Waals surface area contributed by atoms with Crippen molar-refractivity contribution in [2.24, 2.45) is 5.92 Å². The number of likely N-dealkylation sites (tertiary alicyclic amines) is 1. The molecule has 1 atom stereocenters. The van der Waals surface area contributed by atoms with Crippen LogP contribution in [0.5, 0.6) is 0 Å². The van der Waals surface area contributed by atoms with Crippen molar-refractivity contribution < 1.29 is 14.0 Å². The quantitative estimate of drug-likeness (QED) is 0.500. The zero-order valence-electron chi connectivity index (χ0n) is 20.5. The number of halogens is 1. The first-order valence-corrected chi connectivity index (χ1v) is 12.3. The van der Waals surface area contributed by atoms with Gasteiger partial charge in [-0.1, -0.05) is 6.07 Å². The van der Waals surface area contributed by atoms with Crippen LogP contribution in [0.3, 0.4) is 0 Å². The first kappa shape index (κ1) is 23.5. The molecule has 1 aliphatic heterocycles. The molecule has 35 heavy (non-hydrogen) atoms. The maximum atomic E-state index is 14.2. The highest BCUT2D eigenvalue weighted by Crippen LogP contribution is 2.41. The highest BCUT2D eigenvalue weighted by Gasteiger charge is 2.36. The van der Waals surface area contributed by atoms with Crippen LogP contribution in [0.25, 0.3) is 10.9 Å². The molecule has 2 aromatic heterocycles. The van der Waals surface area contributed by atoms with Crippen LogP contribution in [-0.4, -0.2) is 52.9 Å². The summed E-state index contributed by atoms with van der Waals surface area (Å²) in [5.74, 6) is -0.454. The fourth-order valence-corrected chi connectivity index (χ4v) is 4.96. The van der Waals surface area contributed by atoms with Gasteiger partial charge < -0.3 is 20.5 Å². The summed E-state index contributed by atoms with van der Waals surface area (Å²) in [6.07, 6.45) is 5.50. The van der Waals surface area contributed by atoms with E-state index in [1.807, 2.05) is 19.9 Å². The molecule has 1 unspecified atom stereocenters. The van der Waals surface area contributed by atoms with Gasteiger partial charge in [-0.3, -0.25) is 14.6 Å². The number of rotatable bonds is 6. The number of hydrogen-bond donors (Lipinski definition) is 3. The van der Waals surface area contributed by atoms with Gasteiger partial charge >= 0.3 is 0 Å². The van der Waals surface area contributed by atoms with E-state index < -0.39 is 0 Å². The van der Waals surface area contributed by atoms with E-state index in [9.17, 15) is 14.0 Å². The largest absolute Gasteiger partial charge is 0.350 e. The molecular formula is C27H32FN5O2. The van der Waals surface area contributed by atoms with Crippen LogP contribution < -0.4 is 10.6 Å². The summed E-state index contributed by atoms with van der Waals surface area (Å²) in [7, 11) is 2.09. The van der Waals surface area contributed by atoms with Crippen molar-refractivity contribution in [3.63, 3.8) is 0 Å². The Bertz CT molecular complexity index is 1240. The highest BCUT2D eigenvalue weighted by molar-refractivity contribution is 5.99. The van der Waals surface area contributed by atoms with Crippen molar-refractivity contribution in [1.82, 2.24) is 25.5 Å². The normalized spacial score (nSPS) is 17.9. The molecule has 3 aromatic rings. The van der Waals surface area contributed by atoms with Gasteiger partial charge in [-0.15, -0.1) is 0 Å². The maximum Gasteiger partial charge on any atom is 0.268 e. The first-order valence-electron chi connectivity index (χ1n) is 12.3. The molecule has 1 saturated carbocycles. The zero-order valence-corrected chi connectivity index (χ0v) is 20.5. The van der Waals surface area contributed by atoms with E-state index >= 15 is 0 Å². The molecule has 2 aliphatic rings. The van der Waals surface area contributed by atoms with Gasteiger partial charge in [0.15, 0.2) is 0 Å². The van der Waals surface area contributed by atoms with E-state index in [0.717, 1.165) is 55.6 Å². The van der Waals surface area contributed by atoms with Gasteiger partial charge in [0.05, 0.1) is 22.8 Å². The van der Waals surface area contributed by atoms with Gasteiger partial charge in [-0.05, 0) is 94.9 Å². The van der Waals surface area contributed by atoms with Crippen molar-refractivity contribution >= 4 is 22.7 Å². The van der Waals surface area contributed by atoms with E-state index in [1.165, 1.54) is 6.07 Å². The Morgan fingerprint density at radius 3 is 2.49 bits per heavy atom. The minimum absolute atomic E-state index is 0.107. The number of carbonyl (C=O) groups is 2. The Balaban J connectivity index is 1.32. The Morgan fingerprint density at radius 2 is 1.83 bits per heavy atom. The highest BCUT2D eigenvalue weighted by atomic mass is 19.1. The molecule has 8 heteroatoms. The number of piperidine rings is 1. The molecule has 1 saturated heterocycles. The number of H-pyrrole nitrogens is 1. The van der Waals surface area contributed by atoms with Crippen LogP contribution in [0.15, 0.2) is 30.5 Å². The third kappa shape index (κ3) is 4.93. The summed E-state index contributed by atoms with van der Waals surface area (Å²) >= 11 is 0. The van der Waals surface area contributed by atoms with Crippen LogP contribution in [-0.2, 0) is 0 Å². The van der Waals surface area contributed by atoms with E-state index in [0.29, 0.717) is 28.1 Å². The van der Waals surface area contributed by atoms with Gasteiger partial charge in [-0.25, -0.2) is 4.39 Å².